The minimum atomic E-state index is -4.02. The molecule has 0 amide bonds. The molecule has 0 aliphatic carbocycles. The minimum absolute atomic E-state index is 0.0681. The van der Waals surface area contributed by atoms with Gasteiger partial charge in [-0.1, -0.05) is 67.1 Å². The fourth-order valence-corrected chi connectivity index (χ4v) is 5.71. The largest absolute Gasteiger partial charge is 0.378 e. The molecule has 5 rings (SSSR count). The van der Waals surface area contributed by atoms with E-state index < -0.39 is 15.9 Å². The Kier molecular flexibility index (Phi) is 7.49. The van der Waals surface area contributed by atoms with Crippen LogP contribution in [0.1, 0.15) is 29.7 Å². The van der Waals surface area contributed by atoms with Crippen LogP contribution in [0.4, 0.5) is 10.3 Å². The van der Waals surface area contributed by atoms with Gasteiger partial charge in [-0.25, -0.2) is 21.8 Å². The second-order valence-electron chi connectivity index (χ2n) is 9.48. The maximum Gasteiger partial charge on any atom is 0.270 e. The van der Waals surface area contributed by atoms with Gasteiger partial charge in [0.25, 0.3) is 10.0 Å². The van der Waals surface area contributed by atoms with Gasteiger partial charge in [-0.05, 0) is 36.2 Å². The maximum absolute atomic E-state index is 15.2. The normalized spacial score (nSPS) is 15.4. The summed E-state index contributed by atoms with van der Waals surface area (Å²) in [4.78, 5) is 10.9. The number of nitrogens with zero attached hydrogens (tertiary/aromatic N) is 4. The maximum atomic E-state index is 15.2. The molecule has 0 saturated carbocycles. The topological polar surface area (TPSA) is 103 Å². The molecule has 8 nitrogen and oxygen atoms in total. The van der Waals surface area contributed by atoms with E-state index in [9.17, 15) is 8.42 Å². The Hall–Kier alpha value is -4.02. The molecule has 1 aliphatic heterocycles. The molecular formula is C29H30FN5O3S. The molecule has 3 aromatic carbocycles. The van der Waals surface area contributed by atoms with Gasteiger partial charge in [0.1, 0.15) is 5.82 Å². The number of ether oxygens (including phenoxy) is 1. The lowest BCUT2D eigenvalue weighted by atomic mass is 9.95. The van der Waals surface area contributed by atoms with Crippen molar-refractivity contribution >= 4 is 21.9 Å². The predicted octanol–water partition coefficient (Wildman–Crippen LogP) is 4.66. The van der Waals surface area contributed by atoms with Gasteiger partial charge >= 0.3 is 0 Å². The number of halogens is 1. The molecule has 2 N–H and O–H groups in total. The Morgan fingerprint density at radius 1 is 1.05 bits per heavy atom. The van der Waals surface area contributed by atoms with E-state index in [4.69, 9.17) is 10.5 Å². The van der Waals surface area contributed by atoms with Crippen LogP contribution in [-0.4, -0.2) is 54.5 Å². The lowest BCUT2D eigenvalue weighted by Gasteiger charge is -2.27. The minimum Gasteiger partial charge on any atom is -0.378 e. The number of aryl methyl sites for hydroxylation is 1. The van der Waals surface area contributed by atoms with Crippen LogP contribution in [0.5, 0.6) is 0 Å². The van der Waals surface area contributed by atoms with Crippen LogP contribution in [0.3, 0.4) is 0 Å². The molecule has 4 aromatic rings. The summed E-state index contributed by atoms with van der Waals surface area (Å²) in [6.07, 6.45) is 1.43. The number of aromatic nitrogens is 2. The van der Waals surface area contributed by atoms with Gasteiger partial charge in [0.15, 0.2) is 5.96 Å². The van der Waals surface area contributed by atoms with E-state index in [2.05, 4.69) is 9.98 Å². The molecule has 10 heteroatoms. The average Bonchev–Trinajstić information content (AvgIpc) is 3.38. The molecule has 1 saturated heterocycles. The standard InChI is InChI=1S/C29H30FN5O3S/c1-20-8-10-22(11-9-20)25-13-12-23(18-26(25)30)21(2)27-19-35(39(36,37)24-6-4-3-5-7-24)29(32-27)33-28(31)34-14-16-38-17-15-34/h3-13,18-19,21H,14-17H2,1-2H3,(H2,31,32,33). The van der Waals surface area contributed by atoms with Crippen LogP contribution >= 0.6 is 0 Å². The van der Waals surface area contributed by atoms with Gasteiger partial charge in [-0.2, -0.15) is 4.99 Å². The summed E-state index contributed by atoms with van der Waals surface area (Å²) in [5.41, 5.74) is 9.70. The molecule has 1 atom stereocenters. The Labute approximate surface area is 227 Å². The number of aliphatic imine (C=N–C) groups is 1. The van der Waals surface area contributed by atoms with Crippen molar-refractivity contribution in [1.82, 2.24) is 13.9 Å². The predicted molar refractivity (Wildman–Crippen MR) is 149 cm³/mol. The first-order valence-electron chi connectivity index (χ1n) is 12.7. The van der Waals surface area contributed by atoms with Crippen molar-refractivity contribution in [2.45, 2.75) is 24.7 Å². The monoisotopic (exact) mass is 547 g/mol. The summed E-state index contributed by atoms with van der Waals surface area (Å²) in [6.45, 7) is 5.91. The van der Waals surface area contributed by atoms with E-state index in [0.29, 0.717) is 43.1 Å². The molecule has 1 unspecified atom stereocenters. The molecule has 0 radical (unpaired) electrons. The second-order valence-corrected chi connectivity index (χ2v) is 11.3. The van der Waals surface area contributed by atoms with Crippen LogP contribution in [-0.2, 0) is 14.8 Å². The Morgan fingerprint density at radius 2 is 1.74 bits per heavy atom. The van der Waals surface area contributed by atoms with Crippen LogP contribution in [0, 0.1) is 12.7 Å². The van der Waals surface area contributed by atoms with E-state index in [0.717, 1.165) is 15.1 Å². The Morgan fingerprint density at radius 3 is 2.41 bits per heavy atom. The molecule has 39 heavy (non-hydrogen) atoms. The van der Waals surface area contributed by atoms with Crippen molar-refractivity contribution in [3.63, 3.8) is 0 Å². The second kappa shape index (κ2) is 11.0. The summed E-state index contributed by atoms with van der Waals surface area (Å²) >= 11 is 0. The highest BCUT2D eigenvalue weighted by molar-refractivity contribution is 7.90. The summed E-state index contributed by atoms with van der Waals surface area (Å²) < 4.78 is 48.8. The Bertz CT molecular complexity index is 1600. The average molecular weight is 548 g/mol. The van der Waals surface area contributed by atoms with E-state index >= 15 is 4.39 Å². The van der Waals surface area contributed by atoms with Crippen molar-refractivity contribution in [2.75, 3.05) is 26.3 Å². The zero-order valence-electron chi connectivity index (χ0n) is 21.8. The Balaban J connectivity index is 1.53. The fraction of sp³-hybridized carbons (Fsp3) is 0.241. The highest BCUT2D eigenvalue weighted by atomic mass is 32.2. The lowest BCUT2D eigenvalue weighted by Crippen LogP contribution is -2.44. The third-order valence-corrected chi connectivity index (χ3v) is 8.48. The first-order chi connectivity index (χ1) is 18.7. The first-order valence-corrected chi connectivity index (χ1v) is 14.1. The smallest absolute Gasteiger partial charge is 0.270 e. The number of rotatable bonds is 6. The third-order valence-electron chi connectivity index (χ3n) is 6.82. The number of imidazole rings is 1. The molecule has 1 fully saturated rings. The highest BCUT2D eigenvalue weighted by Gasteiger charge is 2.26. The first kappa shape index (κ1) is 26.6. The molecule has 2 heterocycles. The zero-order valence-corrected chi connectivity index (χ0v) is 22.6. The molecular weight excluding hydrogens is 517 g/mol. The van der Waals surface area contributed by atoms with Crippen LogP contribution < -0.4 is 5.73 Å². The summed E-state index contributed by atoms with van der Waals surface area (Å²) in [5.74, 6) is -0.700. The summed E-state index contributed by atoms with van der Waals surface area (Å²) in [6, 6.07) is 20.7. The van der Waals surface area contributed by atoms with Gasteiger partial charge in [0.2, 0.25) is 5.95 Å². The molecule has 0 bridgehead atoms. The molecule has 1 aromatic heterocycles. The number of hydrogen-bond donors (Lipinski definition) is 1. The van der Waals surface area contributed by atoms with Crippen molar-refractivity contribution in [2.24, 2.45) is 10.7 Å². The van der Waals surface area contributed by atoms with Crippen molar-refractivity contribution in [1.29, 1.82) is 0 Å². The molecule has 1 aliphatic rings. The fourth-order valence-electron chi connectivity index (χ4n) is 4.44. The quantitative estimate of drug-likeness (QED) is 0.278. The zero-order chi connectivity index (χ0) is 27.6. The van der Waals surface area contributed by atoms with E-state index in [-0.39, 0.29) is 22.6 Å². The van der Waals surface area contributed by atoms with Gasteiger partial charge < -0.3 is 15.4 Å². The third kappa shape index (κ3) is 5.57. The van der Waals surface area contributed by atoms with Crippen LogP contribution in [0.25, 0.3) is 11.1 Å². The van der Waals surface area contributed by atoms with Gasteiger partial charge in [-0.15, -0.1) is 0 Å². The SMILES string of the molecule is Cc1ccc(-c2ccc(C(C)c3cn(S(=O)(=O)c4ccccc4)c(/N=C(\N)N4CCOCC4)n3)cc2F)cc1. The van der Waals surface area contributed by atoms with E-state index in [1.807, 2.05) is 49.1 Å². The number of hydrogen-bond acceptors (Lipinski definition) is 5. The van der Waals surface area contributed by atoms with Crippen molar-refractivity contribution in [3.8, 4) is 11.1 Å². The van der Waals surface area contributed by atoms with Gasteiger partial charge in [0, 0.05) is 30.8 Å². The highest BCUT2D eigenvalue weighted by Crippen LogP contribution is 2.32. The lowest BCUT2D eigenvalue weighted by molar-refractivity contribution is 0.0675. The van der Waals surface area contributed by atoms with Crippen LogP contribution in [0.15, 0.2) is 88.9 Å². The number of morpholine rings is 1. The molecule has 202 valence electrons. The van der Waals surface area contributed by atoms with Gasteiger partial charge in [0.05, 0.1) is 23.8 Å². The van der Waals surface area contributed by atoms with E-state index in [1.54, 1.807) is 24.3 Å². The molecule has 0 spiro atoms. The number of nitrogens with two attached hydrogens (primary N) is 1. The van der Waals surface area contributed by atoms with Crippen molar-refractivity contribution in [3.05, 3.63) is 102 Å². The van der Waals surface area contributed by atoms with Gasteiger partial charge in [-0.3, -0.25) is 0 Å². The summed E-state index contributed by atoms with van der Waals surface area (Å²) in [5, 5.41) is 0. The number of guanidine groups is 1. The van der Waals surface area contributed by atoms with Crippen molar-refractivity contribution < 1.29 is 17.5 Å². The van der Waals surface area contributed by atoms with Crippen LogP contribution in [0.2, 0.25) is 0 Å². The number of benzene rings is 3. The summed E-state index contributed by atoms with van der Waals surface area (Å²) in [7, 11) is -4.02. The van der Waals surface area contributed by atoms with E-state index in [1.165, 1.54) is 24.4 Å².